The van der Waals surface area contributed by atoms with Crippen molar-refractivity contribution in [2.45, 2.75) is 29.2 Å². The van der Waals surface area contributed by atoms with Gasteiger partial charge in [0.2, 0.25) is 0 Å². The first-order valence-corrected chi connectivity index (χ1v) is 10.5. The second-order valence-corrected chi connectivity index (χ2v) is 8.73. The highest BCUT2D eigenvalue weighted by molar-refractivity contribution is 7.99. The number of rotatable bonds is 3. The van der Waals surface area contributed by atoms with Gasteiger partial charge >= 0.3 is 0 Å². The lowest BCUT2D eigenvalue weighted by Gasteiger charge is -2.38. The maximum atomic E-state index is 6.50. The molecule has 0 atom stereocenters. The lowest BCUT2D eigenvalue weighted by Crippen LogP contribution is -2.41. The van der Waals surface area contributed by atoms with Gasteiger partial charge < -0.3 is 21.1 Å². The zero-order valence-corrected chi connectivity index (χ0v) is 18.0. The molecule has 2 saturated heterocycles. The number of piperidine rings is 1. The van der Waals surface area contributed by atoms with Gasteiger partial charge in [0.25, 0.3) is 0 Å². The molecular formula is C18H21Cl2N7OS. The molecule has 0 radical (unpaired) electrons. The van der Waals surface area contributed by atoms with Gasteiger partial charge in [0, 0.05) is 31.2 Å². The number of anilines is 3. The highest BCUT2D eigenvalue weighted by Crippen LogP contribution is 2.41. The van der Waals surface area contributed by atoms with Gasteiger partial charge in [-0.25, -0.2) is 20.2 Å². The fourth-order valence-corrected chi connectivity index (χ4v) is 4.84. The first-order valence-electron chi connectivity index (χ1n) is 8.96. The number of pyridine rings is 1. The molecule has 4 heterocycles. The predicted octanol–water partition coefficient (Wildman–Crippen LogP) is 3.64. The molecule has 2 aromatic rings. The summed E-state index contributed by atoms with van der Waals surface area (Å²) in [6.07, 6.45) is 5.12. The van der Waals surface area contributed by atoms with E-state index in [1.165, 1.54) is 11.8 Å². The third kappa shape index (κ3) is 4.78. The summed E-state index contributed by atoms with van der Waals surface area (Å²) < 4.78 is 5.59. The Bertz CT molecular complexity index is 895. The van der Waals surface area contributed by atoms with Gasteiger partial charge in [-0.15, -0.1) is 0 Å². The van der Waals surface area contributed by atoms with Crippen molar-refractivity contribution in [3.63, 3.8) is 0 Å². The Morgan fingerprint density at radius 1 is 1.17 bits per heavy atom. The minimum atomic E-state index is 0.153. The van der Waals surface area contributed by atoms with Crippen LogP contribution < -0.4 is 16.4 Å². The van der Waals surface area contributed by atoms with Crippen LogP contribution in [-0.2, 0) is 4.74 Å². The lowest BCUT2D eigenvalue weighted by atomic mass is 9.78. The molecule has 0 bridgehead atoms. The molecule has 0 amide bonds. The summed E-state index contributed by atoms with van der Waals surface area (Å²) in [4.78, 5) is 15.8. The molecule has 0 aliphatic carbocycles. The number of halogens is 2. The van der Waals surface area contributed by atoms with Crippen LogP contribution in [-0.4, -0.2) is 41.3 Å². The van der Waals surface area contributed by atoms with Crippen LogP contribution in [0.5, 0.6) is 0 Å². The number of nitrogens with zero attached hydrogens (tertiary/aromatic N) is 5. The van der Waals surface area contributed by atoms with Gasteiger partial charge in [-0.3, -0.25) is 0 Å². The van der Waals surface area contributed by atoms with E-state index in [-0.39, 0.29) is 11.0 Å². The van der Waals surface area contributed by atoms with Gasteiger partial charge in [0.15, 0.2) is 11.0 Å². The van der Waals surface area contributed by atoms with E-state index in [1.807, 2.05) is 0 Å². The zero-order valence-electron chi connectivity index (χ0n) is 15.6. The maximum absolute atomic E-state index is 6.50. The van der Waals surface area contributed by atoms with Crippen LogP contribution in [0.25, 0.3) is 0 Å². The average Bonchev–Trinajstić information content (AvgIpc) is 3.17. The topological polar surface area (TPSA) is 127 Å². The van der Waals surface area contributed by atoms with Crippen LogP contribution in [0.3, 0.4) is 0 Å². The van der Waals surface area contributed by atoms with Gasteiger partial charge in [-0.1, -0.05) is 35.0 Å². The van der Waals surface area contributed by atoms with E-state index in [2.05, 4.69) is 26.4 Å². The third-order valence-electron chi connectivity index (χ3n) is 5.19. The van der Waals surface area contributed by atoms with Gasteiger partial charge in [0.1, 0.15) is 16.7 Å². The fourth-order valence-electron chi connectivity index (χ4n) is 3.54. The summed E-state index contributed by atoms with van der Waals surface area (Å²) >= 11 is 13.5. The standard InChI is InChI=1S/C17H20Cl2N6OS.CHN/c18-13-10(7-11(20)23-14(13)19)27-16-15(21)24-12(8-22-16)25-4-1-17(2-5-25)3-6-26-9-17;1-2/h7-8H,1-6,9H2,(H2,20,23)(H2,21,24);1H. The van der Waals surface area contributed by atoms with Crippen molar-refractivity contribution in [3.05, 3.63) is 22.4 Å². The number of nitrogens with two attached hydrogens (primary N) is 2. The van der Waals surface area contributed by atoms with Crippen LogP contribution in [0.4, 0.5) is 17.5 Å². The van der Waals surface area contributed by atoms with Crippen molar-refractivity contribution in [3.8, 4) is 6.57 Å². The van der Waals surface area contributed by atoms with E-state index < -0.39 is 0 Å². The molecule has 29 heavy (non-hydrogen) atoms. The van der Waals surface area contributed by atoms with Crippen LogP contribution in [0.2, 0.25) is 10.2 Å². The number of nitrogen functional groups attached to an aromatic ring is 2. The van der Waals surface area contributed by atoms with Crippen LogP contribution in [0.15, 0.2) is 22.2 Å². The Labute approximate surface area is 183 Å². The Hall–Kier alpha value is -1.99. The smallest absolute Gasteiger partial charge is 0.158 e. The molecule has 2 aliphatic heterocycles. The highest BCUT2D eigenvalue weighted by atomic mass is 35.5. The summed E-state index contributed by atoms with van der Waals surface area (Å²) in [6, 6.07) is 1.64. The minimum absolute atomic E-state index is 0.153. The number of ether oxygens (including phenoxy) is 1. The van der Waals surface area contributed by atoms with Crippen molar-refractivity contribution < 1.29 is 4.74 Å². The summed E-state index contributed by atoms with van der Waals surface area (Å²) in [6.45, 7) is 7.13. The Morgan fingerprint density at radius 3 is 2.52 bits per heavy atom. The van der Waals surface area contributed by atoms with E-state index in [4.69, 9.17) is 44.7 Å². The summed E-state index contributed by atoms with van der Waals surface area (Å²) in [5.74, 6) is 1.43. The van der Waals surface area contributed by atoms with Gasteiger partial charge in [-0.05, 0) is 30.7 Å². The summed E-state index contributed by atoms with van der Waals surface area (Å²) in [7, 11) is 0. The first-order chi connectivity index (χ1) is 14.0. The molecular weight excluding hydrogens is 433 g/mol. The van der Waals surface area contributed by atoms with E-state index in [0.717, 1.165) is 51.4 Å². The van der Waals surface area contributed by atoms with Crippen LogP contribution in [0, 0.1) is 17.2 Å². The molecule has 0 saturated carbocycles. The monoisotopic (exact) mass is 453 g/mol. The molecule has 2 aromatic heterocycles. The fraction of sp³-hybridized carbons (Fsp3) is 0.444. The predicted molar refractivity (Wildman–Crippen MR) is 115 cm³/mol. The highest BCUT2D eigenvalue weighted by Gasteiger charge is 2.38. The molecule has 1 spiro atoms. The zero-order chi connectivity index (χ0) is 21.0. The Morgan fingerprint density at radius 2 is 1.90 bits per heavy atom. The number of hydrogen-bond acceptors (Lipinski definition) is 9. The molecule has 0 aromatic carbocycles. The summed E-state index contributed by atoms with van der Waals surface area (Å²) in [5.41, 5.74) is 12.2. The Balaban J connectivity index is 0.00000117. The molecule has 4 rings (SSSR count). The molecule has 2 aliphatic rings. The van der Waals surface area contributed by atoms with Crippen LogP contribution >= 0.6 is 35.0 Å². The van der Waals surface area contributed by atoms with Gasteiger partial charge in [-0.2, -0.15) is 0 Å². The number of hydrogen-bond donors (Lipinski definition) is 2. The quantitative estimate of drug-likeness (QED) is 0.668. The molecule has 0 unspecified atom stereocenters. The Kier molecular flexibility index (Phi) is 6.90. The van der Waals surface area contributed by atoms with Crippen molar-refractivity contribution in [2.75, 3.05) is 42.7 Å². The third-order valence-corrected chi connectivity index (χ3v) is 7.11. The van der Waals surface area contributed by atoms with E-state index in [9.17, 15) is 0 Å². The second-order valence-electron chi connectivity index (χ2n) is 6.96. The largest absolute Gasteiger partial charge is 0.384 e. The minimum Gasteiger partial charge on any atom is -0.384 e. The molecule has 8 nitrogen and oxygen atoms in total. The van der Waals surface area contributed by atoms with Gasteiger partial charge in [0.05, 0.1) is 17.8 Å². The number of aromatic nitrogens is 3. The SMILES string of the molecule is C#N.Nc1cc(Sc2ncc(N3CCC4(CCOC4)CC3)nc2N)c(Cl)c(Cl)n1. The van der Waals surface area contributed by atoms with Crippen molar-refractivity contribution in [2.24, 2.45) is 5.41 Å². The second kappa shape index (κ2) is 9.22. The van der Waals surface area contributed by atoms with Crippen molar-refractivity contribution in [1.82, 2.24) is 15.0 Å². The molecule has 11 heteroatoms. The first kappa shape index (κ1) is 21.7. The van der Waals surface area contributed by atoms with E-state index in [0.29, 0.717) is 26.2 Å². The van der Waals surface area contributed by atoms with E-state index >= 15 is 0 Å². The normalized spacial score (nSPS) is 17.7. The molecule has 4 N–H and O–H groups in total. The number of nitriles is 1. The average molecular weight is 454 g/mol. The lowest BCUT2D eigenvalue weighted by molar-refractivity contribution is 0.133. The molecule has 154 valence electrons. The maximum Gasteiger partial charge on any atom is 0.158 e. The molecule has 2 fully saturated rings. The van der Waals surface area contributed by atoms with Crippen molar-refractivity contribution >= 4 is 52.4 Å². The summed E-state index contributed by atoms with van der Waals surface area (Å²) in [5, 5.41) is 7.53. The van der Waals surface area contributed by atoms with Crippen molar-refractivity contribution in [1.29, 1.82) is 5.26 Å². The van der Waals surface area contributed by atoms with E-state index in [1.54, 1.807) is 12.3 Å². The van der Waals surface area contributed by atoms with Crippen LogP contribution in [0.1, 0.15) is 19.3 Å².